The van der Waals surface area contributed by atoms with Crippen LogP contribution in [0.5, 0.6) is 0 Å². The molecule has 0 spiro atoms. The van der Waals surface area contributed by atoms with Crippen LogP contribution in [0.15, 0.2) is 223 Å². The van der Waals surface area contributed by atoms with Crippen molar-refractivity contribution in [3.05, 3.63) is 218 Å². The SMILES string of the molecule is c1ccc2c(c1)-c1ccccc1-c1ccc(-c3cccc4c3oc3c(-c5c6ccccc6c(-c6cccc7ccccc67)c6ccccc56)cccc34)cc1-c1ccccc1-2. The summed E-state index contributed by atoms with van der Waals surface area (Å²) in [6.45, 7) is 0. The van der Waals surface area contributed by atoms with Crippen molar-refractivity contribution >= 4 is 54.3 Å². The van der Waals surface area contributed by atoms with Crippen LogP contribution in [-0.2, 0) is 0 Å². The molecule has 61 heavy (non-hydrogen) atoms. The fraction of sp³-hybridized carbons (Fsp3) is 0. The van der Waals surface area contributed by atoms with E-state index in [-0.39, 0.29) is 0 Å². The minimum Gasteiger partial charge on any atom is -0.455 e. The molecule has 0 amide bonds. The number of para-hydroxylation sites is 2. The van der Waals surface area contributed by atoms with Gasteiger partial charge in [0, 0.05) is 27.5 Å². The molecule has 12 aromatic rings. The van der Waals surface area contributed by atoms with Crippen LogP contribution in [0, 0.1) is 0 Å². The van der Waals surface area contributed by atoms with Crippen LogP contribution in [0.25, 0.3) is 132 Å². The normalized spacial score (nSPS) is 11.9. The first-order valence-corrected chi connectivity index (χ1v) is 21.1. The van der Waals surface area contributed by atoms with E-state index >= 15 is 0 Å². The van der Waals surface area contributed by atoms with Crippen molar-refractivity contribution in [2.24, 2.45) is 0 Å². The van der Waals surface area contributed by atoms with Crippen molar-refractivity contribution in [2.75, 3.05) is 0 Å². The number of rotatable bonds is 3. The summed E-state index contributed by atoms with van der Waals surface area (Å²) in [5, 5.41) is 9.59. The second-order valence-electron chi connectivity index (χ2n) is 16.2. The molecule has 1 aliphatic rings. The molecule has 0 saturated carbocycles. The van der Waals surface area contributed by atoms with Gasteiger partial charge in [-0.25, -0.2) is 0 Å². The zero-order chi connectivity index (χ0) is 40.0. The van der Waals surface area contributed by atoms with Crippen LogP contribution < -0.4 is 0 Å². The Morgan fingerprint density at radius 3 is 1.11 bits per heavy atom. The van der Waals surface area contributed by atoms with Gasteiger partial charge in [-0.15, -0.1) is 0 Å². The Morgan fingerprint density at radius 2 is 0.557 bits per heavy atom. The molecule has 0 N–H and O–H groups in total. The van der Waals surface area contributed by atoms with Crippen molar-refractivity contribution in [1.82, 2.24) is 0 Å². The van der Waals surface area contributed by atoms with E-state index in [0.29, 0.717) is 0 Å². The van der Waals surface area contributed by atoms with E-state index in [4.69, 9.17) is 4.42 Å². The van der Waals surface area contributed by atoms with E-state index in [2.05, 4.69) is 218 Å². The quantitative estimate of drug-likeness (QED) is 0.163. The van der Waals surface area contributed by atoms with Gasteiger partial charge in [-0.1, -0.05) is 212 Å². The van der Waals surface area contributed by atoms with Crippen molar-refractivity contribution < 1.29 is 4.42 Å². The number of furan rings is 1. The lowest BCUT2D eigenvalue weighted by Gasteiger charge is -2.23. The average molecular weight is 773 g/mol. The molecule has 0 unspecified atom stereocenters. The molecule has 282 valence electrons. The lowest BCUT2D eigenvalue weighted by molar-refractivity contribution is 0.671. The van der Waals surface area contributed by atoms with E-state index in [1.807, 2.05) is 0 Å². The molecule has 13 rings (SSSR count). The Bertz CT molecular complexity index is 3700. The molecule has 0 atom stereocenters. The topological polar surface area (TPSA) is 13.1 Å². The van der Waals surface area contributed by atoms with Crippen molar-refractivity contribution in [2.45, 2.75) is 0 Å². The highest BCUT2D eigenvalue weighted by atomic mass is 16.3. The van der Waals surface area contributed by atoms with Gasteiger partial charge in [0.05, 0.1) is 0 Å². The van der Waals surface area contributed by atoms with Crippen molar-refractivity contribution in [3.8, 4) is 77.9 Å². The maximum Gasteiger partial charge on any atom is 0.143 e. The smallest absolute Gasteiger partial charge is 0.143 e. The maximum absolute atomic E-state index is 7.25. The van der Waals surface area contributed by atoms with Gasteiger partial charge < -0.3 is 4.42 Å². The van der Waals surface area contributed by atoms with Gasteiger partial charge in [0.2, 0.25) is 0 Å². The van der Waals surface area contributed by atoms with Crippen LogP contribution >= 0.6 is 0 Å². The van der Waals surface area contributed by atoms with E-state index in [1.165, 1.54) is 93.5 Å². The molecule has 0 saturated heterocycles. The molecular weight excluding hydrogens is 737 g/mol. The number of hydrogen-bond acceptors (Lipinski definition) is 1. The van der Waals surface area contributed by atoms with E-state index in [9.17, 15) is 0 Å². The number of fused-ring (bicyclic) bond motifs is 14. The fourth-order valence-electron chi connectivity index (χ4n) is 10.4. The van der Waals surface area contributed by atoms with Gasteiger partial charge in [0.15, 0.2) is 0 Å². The Hall–Kier alpha value is -8.00. The lowest BCUT2D eigenvalue weighted by Crippen LogP contribution is -1.97. The summed E-state index contributed by atoms with van der Waals surface area (Å²) in [6, 6.07) is 79.9. The third-order valence-corrected chi connectivity index (χ3v) is 13.1. The lowest BCUT2D eigenvalue weighted by atomic mass is 9.80. The molecule has 1 heterocycles. The van der Waals surface area contributed by atoms with Crippen LogP contribution in [0.2, 0.25) is 0 Å². The zero-order valence-electron chi connectivity index (χ0n) is 33.2. The van der Waals surface area contributed by atoms with Crippen LogP contribution in [0.4, 0.5) is 0 Å². The minimum atomic E-state index is 0.899. The number of benzene rings is 11. The maximum atomic E-state index is 7.25. The van der Waals surface area contributed by atoms with Crippen LogP contribution in [0.3, 0.4) is 0 Å². The first-order chi connectivity index (χ1) is 30.3. The Morgan fingerprint density at radius 1 is 0.213 bits per heavy atom. The average Bonchev–Trinajstić information content (AvgIpc) is 3.72. The molecule has 0 radical (unpaired) electrons. The third-order valence-electron chi connectivity index (χ3n) is 13.1. The molecule has 1 aliphatic carbocycles. The van der Waals surface area contributed by atoms with Crippen molar-refractivity contribution in [3.63, 3.8) is 0 Å². The summed E-state index contributed by atoms with van der Waals surface area (Å²) >= 11 is 0. The fourth-order valence-corrected chi connectivity index (χ4v) is 10.4. The minimum absolute atomic E-state index is 0.899. The predicted octanol–water partition coefficient (Wildman–Crippen LogP) is 17.0. The second-order valence-corrected chi connectivity index (χ2v) is 16.2. The first kappa shape index (κ1) is 33.9. The van der Waals surface area contributed by atoms with E-state index < -0.39 is 0 Å². The zero-order valence-corrected chi connectivity index (χ0v) is 33.2. The molecule has 1 aromatic heterocycles. The molecule has 1 nitrogen and oxygen atoms in total. The first-order valence-electron chi connectivity index (χ1n) is 21.1. The molecule has 11 aromatic carbocycles. The van der Waals surface area contributed by atoms with E-state index in [1.54, 1.807) is 0 Å². The van der Waals surface area contributed by atoms with Gasteiger partial charge in [0.1, 0.15) is 11.2 Å². The van der Waals surface area contributed by atoms with Crippen LogP contribution in [0.1, 0.15) is 0 Å². The Labute approximate surface area is 353 Å². The van der Waals surface area contributed by atoms with Gasteiger partial charge in [-0.3, -0.25) is 0 Å². The summed E-state index contributed by atoms with van der Waals surface area (Å²) in [6.07, 6.45) is 0. The van der Waals surface area contributed by atoms with Gasteiger partial charge in [0.25, 0.3) is 0 Å². The largest absolute Gasteiger partial charge is 0.455 e. The third kappa shape index (κ3) is 5.02. The van der Waals surface area contributed by atoms with E-state index in [0.717, 1.165) is 38.6 Å². The van der Waals surface area contributed by atoms with Gasteiger partial charge >= 0.3 is 0 Å². The monoisotopic (exact) mass is 772 g/mol. The van der Waals surface area contributed by atoms with Gasteiger partial charge in [-0.2, -0.15) is 0 Å². The molecular formula is C60H36O. The molecule has 0 bridgehead atoms. The predicted molar refractivity (Wildman–Crippen MR) is 258 cm³/mol. The summed E-state index contributed by atoms with van der Waals surface area (Å²) in [4.78, 5) is 0. The highest BCUT2D eigenvalue weighted by molar-refractivity contribution is 6.26. The molecule has 1 heteroatoms. The summed E-state index contributed by atoms with van der Waals surface area (Å²) in [7, 11) is 0. The van der Waals surface area contributed by atoms with Crippen molar-refractivity contribution in [1.29, 1.82) is 0 Å². The second kappa shape index (κ2) is 13.3. The Balaban J connectivity index is 1.05. The Kier molecular flexibility index (Phi) is 7.37. The standard InChI is InChI=1S/C60H36O/c1-2-18-39-37(16-1)17-13-30-48(39)57-49-25-9-11-27-51(49)58(52-28-12-10-26-50(52)57)55-33-15-32-54-53-31-14-29-40(59(53)61-60(54)55)38-34-35-47-45-23-6-5-21-43(45)41-19-3-4-20-42(41)44-22-7-8-24-46(44)56(47)36-38/h1-36H. The van der Waals surface area contributed by atoms with Crippen LogP contribution in [-0.4, -0.2) is 0 Å². The van der Waals surface area contributed by atoms with Gasteiger partial charge in [-0.05, 0) is 99.6 Å². The molecule has 0 fully saturated rings. The number of hydrogen-bond donors (Lipinski definition) is 0. The summed E-state index contributed by atoms with van der Waals surface area (Å²) < 4.78 is 7.25. The molecule has 0 aliphatic heterocycles. The highest BCUT2D eigenvalue weighted by Crippen LogP contribution is 2.51. The summed E-state index contributed by atoms with van der Waals surface area (Å²) in [5.74, 6) is 0. The summed E-state index contributed by atoms with van der Waals surface area (Å²) in [5.41, 5.74) is 18.7. The highest BCUT2D eigenvalue weighted by Gasteiger charge is 2.24.